The maximum atomic E-state index is 13.1. The summed E-state index contributed by atoms with van der Waals surface area (Å²) in [7, 11) is 1.59. The third-order valence-corrected chi connectivity index (χ3v) is 5.40. The van der Waals surface area contributed by atoms with Crippen LogP contribution in [0, 0.1) is 5.82 Å². The second-order valence-corrected chi connectivity index (χ2v) is 7.31. The van der Waals surface area contributed by atoms with Crippen molar-refractivity contribution in [3.8, 4) is 17.0 Å². The van der Waals surface area contributed by atoms with Crippen LogP contribution in [-0.4, -0.2) is 53.6 Å². The zero-order chi connectivity index (χ0) is 21.8. The molecule has 0 unspecified atom stereocenters. The van der Waals surface area contributed by atoms with Crippen LogP contribution in [0.2, 0.25) is 0 Å². The lowest BCUT2D eigenvalue weighted by Crippen LogP contribution is -2.50. The molecule has 1 aromatic heterocycles. The summed E-state index contributed by atoms with van der Waals surface area (Å²) in [6.07, 6.45) is 1.41. The van der Waals surface area contributed by atoms with Crippen LogP contribution in [-0.2, 0) is 11.3 Å². The van der Waals surface area contributed by atoms with E-state index in [9.17, 15) is 14.0 Å². The summed E-state index contributed by atoms with van der Waals surface area (Å²) in [5, 5.41) is 0. The van der Waals surface area contributed by atoms with Crippen molar-refractivity contribution in [3.05, 3.63) is 77.1 Å². The fraction of sp³-hybridized carbons (Fsp3) is 0.261. The molecule has 1 fully saturated rings. The van der Waals surface area contributed by atoms with E-state index in [1.165, 1.54) is 29.1 Å². The molecule has 0 N–H and O–H groups in total. The van der Waals surface area contributed by atoms with Crippen molar-refractivity contribution in [3.63, 3.8) is 0 Å². The molecule has 0 radical (unpaired) electrons. The largest absolute Gasteiger partial charge is 0.497 e. The second kappa shape index (κ2) is 8.99. The Balaban J connectivity index is 1.37. The summed E-state index contributed by atoms with van der Waals surface area (Å²) in [5.74, 6) is 0.330. The molecule has 2 aromatic carbocycles. The van der Waals surface area contributed by atoms with Gasteiger partial charge >= 0.3 is 0 Å². The molecule has 2 heterocycles. The summed E-state index contributed by atoms with van der Waals surface area (Å²) in [5.41, 5.74) is 2.00. The molecule has 8 heteroatoms. The van der Waals surface area contributed by atoms with Gasteiger partial charge in [0, 0.05) is 43.5 Å². The zero-order valence-corrected chi connectivity index (χ0v) is 17.2. The van der Waals surface area contributed by atoms with Gasteiger partial charge in [-0.15, -0.1) is 0 Å². The number of carbonyl (C=O) groups excluding carboxylic acids is 1. The minimum atomic E-state index is -0.279. The number of ether oxygens (including phenoxy) is 1. The monoisotopic (exact) mass is 422 g/mol. The van der Waals surface area contributed by atoms with E-state index < -0.39 is 0 Å². The van der Waals surface area contributed by atoms with E-state index in [4.69, 9.17) is 4.74 Å². The molecule has 0 bridgehead atoms. The molecule has 1 amide bonds. The van der Waals surface area contributed by atoms with Gasteiger partial charge in [-0.2, -0.15) is 0 Å². The molecule has 7 nitrogen and oxygen atoms in total. The standard InChI is InChI=1S/C23H23FN4O3/c1-31-20-8-2-17(3-9-20)21-14-22(29)28(16-25-21)15-23(30)27-12-10-26(11-13-27)19-6-4-18(24)5-7-19/h2-9,14,16H,10-13,15H2,1H3. The van der Waals surface area contributed by atoms with Crippen LogP contribution in [0.3, 0.4) is 0 Å². The minimum absolute atomic E-state index is 0.0503. The summed E-state index contributed by atoms with van der Waals surface area (Å²) >= 11 is 0. The molecule has 0 saturated carbocycles. The van der Waals surface area contributed by atoms with Crippen molar-refractivity contribution in [2.24, 2.45) is 0 Å². The number of aromatic nitrogens is 2. The highest BCUT2D eigenvalue weighted by Crippen LogP contribution is 2.19. The van der Waals surface area contributed by atoms with Crippen molar-refractivity contribution in [1.82, 2.24) is 14.5 Å². The van der Waals surface area contributed by atoms with Gasteiger partial charge in [-0.05, 0) is 48.5 Å². The highest BCUT2D eigenvalue weighted by Gasteiger charge is 2.22. The third kappa shape index (κ3) is 4.74. The Kier molecular flexibility index (Phi) is 5.97. The van der Waals surface area contributed by atoms with E-state index in [0.29, 0.717) is 31.9 Å². The van der Waals surface area contributed by atoms with E-state index >= 15 is 0 Å². The molecule has 1 aliphatic heterocycles. The first kappa shape index (κ1) is 20.6. The number of benzene rings is 2. The van der Waals surface area contributed by atoms with E-state index in [-0.39, 0.29) is 23.8 Å². The van der Waals surface area contributed by atoms with E-state index in [0.717, 1.165) is 17.0 Å². The molecule has 3 aromatic rings. The summed E-state index contributed by atoms with van der Waals surface area (Å²) in [4.78, 5) is 33.4. The molecule has 0 aliphatic carbocycles. The molecule has 31 heavy (non-hydrogen) atoms. The highest BCUT2D eigenvalue weighted by atomic mass is 19.1. The molecule has 4 rings (SSSR count). The number of piperazine rings is 1. The number of hydrogen-bond acceptors (Lipinski definition) is 5. The molecule has 0 atom stereocenters. The van der Waals surface area contributed by atoms with Crippen LogP contribution in [0.1, 0.15) is 0 Å². The number of hydrogen-bond donors (Lipinski definition) is 0. The Labute approximate surface area is 179 Å². The van der Waals surface area contributed by atoms with Crippen LogP contribution in [0.4, 0.5) is 10.1 Å². The van der Waals surface area contributed by atoms with Gasteiger partial charge in [0.2, 0.25) is 5.91 Å². The van der Waals surface area contributed by atoms with Crippen molar-refractivity contribution >= 4 is 11.6 Å². The number of methoxy groups -OCH3 is 1. The lowest BCUT2D eigenvalue weighted by Gasteiger charge is -2.36. The van der Waals surface area contributed by atoms with Gasteiger partial charge in [-0.25, -0.2) is 9.37 Å². The number of carbonyl (C=O) groups is 1. The molecule has 1 saturated heterocycles. The smallest absolute Gasteiger partial charge is 0.254 e. The lowest BCUT2D eigenvalue weighted by molar-refractivity contribution is -0.132. The second-order valence-electron chi connectivity index (χ2n) is 7.31. The van der Waals surface area contributed by atoms with Crippen molar-refractivity contribution in [2.45, 2.75) is 6.54 Å². The molecule has 1 aliphatic rings. The minimum Gasteiger partial charge on any atom is -0.497 e. The highest BCUT2D eigenvalue weighted by molar-refractivity contribution is 5.76. The lowest BCUT2D eigenvalue weighted by atomic mass is 10.1. The van der Waals surface area contributed by atoms with Crippen molar-refractivity contribution < 1.29 is 13.9 Å². The zero-order valence-electron chi connectivity index (χ0n) is 17.2. The molecular formula is C23H23FN4O3. The maximum absolute atomic E-state index is 13.1. The third-order valence-electron chi connectivity index (χ3n) is 5.40. The summed E-state index contributed by atoms with van der Waals surface area (Å²) < 4.78 is 19.6. The first-order valence-electron chi connectivity index (χ1n) is 10.0. The first-order chi connectivity index (χ1) is 15.0. The Hall–Kier alpha value is -3.68. The van der Waals surface area contributed by atoms with Gasteiger partial charge in [0.05, 0.1) is 19.1 Å². The van der Waals surface area contributed by atoms with Gasteiger partial charge in [-0.3, -0.25) is 14.2 Å². The predicted molar refractivity (Wildman–Crippen MR) is 116 cm³/mol. The average Bonchev–Trinajstić information content (AvgIpc) is 2.81. The van der Waals surface area contributed by atoms with E-state index in [1.54, 1.807) is 36.3 Å². The van der Waals surface area contributed by atoms with Crippen LogP contribution in [0.25, 0.3) is 11.3 Å². The van der Waals surface area contributed by atoms with Gasteiger partial charge in [0.15, 0.2) is 0 Å². The molecule has 160 valence electrons. The Morgan fingerprint density at radius 2 is 1.71 bits per heavy atom. The Bertz CT molecular complexity index is 1100. The van der Waals surface area contributed by atoms with Crippen molar-refractivity contribution in [2.75, 3.05) is 38.2 Å². The van der Waals surface area contributed by atoms with Crippen LogP contribution < -0.4 is 15.2 Å². The summed E-state index contributed by atoms with van der Waals surface area (Å²) in [6, 6.07) is 15.0. The Morgan fingerprint density at radius 3 is 2.32 bits per heavy atom. The number of halogens is 1. The fourth-order valence-electron chi connectivity index (χ4n) is 3.58. The predicted octanol–water partition coefficient (Wildman–Crippen LogP) is 2.41. The van der Waals surface area contributed by atoms with Gasteiger partial charge in [-0.1, -0.05) is 0 Å². The molecular weight excluding hydrogens is 399 g/mol. The average molecular weight is 422 g/mol. The van der Waals surface area contributed by atoms with Gasteiger partial charge in [0.1, 0.15) is 18.1 Å². The quantitative estimate of drug-likeness (QED) is 0.632. The Morgan fingerprint density at radius 1 is 1.03 bits per heavy atom. The van der Waals surface area contributed by atoms with Crippen LogP contribution in [0.15, 0.2) is 65.7 Å². The normalized spacial score (nSPS) is 13.9. The number of amides is 1. The summed E-state index contributed by atoms with van der Waals surface area (Å²) in [6.45, 7) is 2.35. The van der Waals surface area contributed by atoms with Crippen LogP contribution >= 0.6 is 0 Å². The van der Waals surface area contributed by atoms with E-state index in [2.05, 4.69) is 9.88 Å². The molecule has 0 spiro atoms. The topological polar surface area (TPSA) is 67.7 Å². The maximum Gasteiger partial charge on any atom is 0.254 e. The fourth-order valence-corrected chi connectivity index (χ4v) is 3.58. The van der Waals surface area contributed by atoms with E-state index in [1.807, 2.05) is 12.1 Å². The van der Waals surface area contributed by atoms with Crippen LogP contribution in [0.5, 0.6) is 5.75 Å². The van der Waals surface area contributed by atoms with Gasteiger partial charge < -0.3 is 14.5 Å². The van der Waals surface area contributed by atoms with Crippen molar-refractivity contribution in [1.29, 1.82) is 0 Å². The SMILES string of the molecule is COc1ccc(-c2cc(=O)n(CC(=O)N3CCN(c4ccc(F)cc4)CC3)cn2)cc1. The number of rotatable bonds is 5. The first-order valence-corrected chi connectivity index (χ1v) is 10.0. The van der Waals surface area contributed by atoms with Gasteiger partial charge in [0.25, 0.3) is 5.56 Å². The number of anilines is 1. The number of nitrogens with zero attached hydrogens (tertiary/aromatic N) is 4.